The zero-order valence-corrected chi connectivity index (χ0v) is 15.6. The molecule has 1 amide bonds. The van der Waals surface area contributed by atoms with Crippen molar-refractivity contribution in [2.24, 2.45) is 0 Å². The predicted octanol–water partition coefficient (Wildman–Crippen LogP) is -0.104. The molecule has 0 saturated carbocycles. The highest BCUT2D eigenvalue weighted by Gasteiger charge is 2.34. The van der Waals surface area contributed by atoms with Crippen molar-refractivity contribution in [1.29, 1.82) is 0 Å². The Morgan fingerprint density at radius 3 is 2.52 bits per heavy atom. The van der Waals surface area contributed by atoms with Gasteiger partial charge in [-0.15, -0.1) is 0 Å². The first-order chi connectivity index (χ1) is 12.7. The van der Waals surface area contributed by atoms with Gasteiger partial charge in [0.25, 0.3) is 5.91 Å². The molecule has 2 aliphatic heterocycles. The number of rotatable bonds is 4. The van der Waals surface area contributed by atoms with Gasteiger partial charge in [-0.1, -0.05) is 0 Å². The Hall–Kier alpha value is -2.20. The number of anilines is 1. The van der Waals surface area contributed by atoms with Gasteiger partial charge in [0, 0.05) is 37.9 Å². The van der Waals surface area contributed by atoms with Gasteiger partial charge in [-0.25, -0.2) is 17.6 Å². The summed E-state index contributed by atoms with van der Waals surface area (Å²) in [7, 11) is -2.94. The molecule has 0 radical (unpaired) electrons. The topological polar surface area (TPSA) is 110 Å². The highest BCUT2D eigenvalue weighted by atomic mass is 32.2. The molecule has 10 heteroatoms. The third-order valence-electron chi connectivity index (χ3n) is 4.95. The van der Waals surface area contributed by atoms with Gasteiger partial charge in [-0.2, -0.15) is 0 Å². The summed E-state index contributed by atoms with van der Waals surface area (Å²) in [5.41, 5.74) is 5.54. The number of nitrogens with two attached hydrogens (primary N) is 1. The van der Waals surface area contributed by atoms with Crippen LogP contribution in [-0.2, 0) is 19.4 Å². The van der Waals surface area contributed by atoms with E-state index in [-0.39, 0.29) is 34.7 Å². The van der Waals surface area contributed by atoms with Gasteiger partial charge in [0.05, 0.1) is 17.1 Å². The van der Waals surface area contributed by atoms with Gasteiger partial charge < -0.3 is 15.4 Å². The standard InChI is InChI=1S/C17H22FN3O5S/c18-12-1-2-14(15(19)9-12)17(23)26-10-16(22)21-6-4-20(5-7-21)13-3-8-27(24,25)11-13/h1-2,9,13H,3-8,10-11,19H2. The largest absolute Gasteiger partial charge is 0.452 e. The fourth-order valence-corrected chi connectivity index (χ4v) is 5.18. The fourth-order valence-electron chi connectivity index (χ4n) is 3.42. The number of piperazine rings is 1. The molecular weight excluding hydrogens is 377 g/mol. The number of carbonyl (C=O) groups excluding carboxylic acids is 2. The Bertz CT molecular complexity index is 837. The van der Waals surface area contributed by atoms with Crippen LogP contribution in [0.15, 0.2) is 18.2 Å². The van der Waals surface area contributed by atoms with E-state index < -0.39 is 28.2 Å². The van der Waals surface area contributed by atoms with Crippen molar-refractivity contribution < 1.29 is 27.1 Å². The molecule has 148 valence electrons. The molecule has 0 bridgehead atoms. The fraction of sp³-hybridized carbons (Fsp3) is 0.529. The quantitative estimate of drug-likeness (QED) is 0.556. The number of sulfone groups is 1. The second kappa shape index (κ2) is 7.81. The van der Waals surface area contributed by atoms with Gasteiger partial charge in [0.2, 0.25) is 0 Å². The van der Waals surface area contributed by atoms with Crippen LogP contribution in [0.1, 0.15) is 16.8 Å². The Kier molecular flexibility index (Phi) is 5.66. The van der Waals surface area contributed by atoms with E-state index >= 15 is 0 Å². The van der Waals surface area contributed by atoms with E-state index in [1.807, 2.05) is 0 Å². The summed E-state index contributed by atoms with van der Waals surface area (Å²) in [6.45, 7) is 1.65. The Labute approximate surface area is 157 Å². The summed E-state index contributed by atoms with van der Waals surface area (Å²) in [4.78, 5) is 27.9. The molecule has 2 N–H and O–H groups in total. The van der Waals surface area contributed by atoms with Gasteiger partial charge in [-0.05, 0) is 24.6 Å². The maximum Gasteiger partial charge on any atom is 0.340 e. The van der Waals surface area contributed by atoms with Crippen molar-refractivity contribution in [2.75, 3.05) is 50.0 Å². The first-order valence-electron chi connectivity index (χ1n) is 8.69. The van der Waals surface area contributed by atoms with Crippen molar-refractivity contribution in [2.45, 2.75) is 12.5 Å². The predicted molar refractivity (Wildman–Crippen MR) is 96.3 cm³/mol. The van der Waals surface area contributed by atoms with E-state index in [4.69, 9.17) is 10.5 Å². The number of amides is 1. The normalized spacial score (nSPS) is 22.6. The van der Waals surface area contributed by atoms with Gasteiger partial charge >= 0.3 is 5.97 Å². The number of nitrogen functional groups attached to an aromatic ring is 1. The van der Waals surface area contributed by atoms with Crippen LogP contribution in [-0.4, -0.2) is 80.4 Å². The first kappa shape index (κ1) is 19.6. The van der Waals surface area contributed by atoms with Crippen LogP contribution in [0.4, 0.5) is 10.1 Å². The van der Waals surface area contributed by atoms with Gasteiger partial charge in [0.15, 0.2) is 16.4 Å². The summed E-state index contributed by atoms with van der Waals surface area (Å²) < 4.78 is 41.2. The molecule has 8 nitrogen and oxygen atoms in total. The molecule has 1 atom stereocenters. The number of esters is 1. The lowest BCUT2D eigenvalue weighted by molar-refractivity contribution is -0.136. The molecule has 1 aromatic carbocycles. The SMILES string of the molecule is Nc1cc(F)ccc1C(=O)OCC(=O)N1CCN(C2CCS(=O)(=O)C2)CC1. The molecular formula is C17H22FN3O5S. The van der Waals surface area contributed by atoms with Crippen molar-refractivity contribution in [3.05, 3.63) is 29.6 Å². The van der Waals surface area contributed by atoms with Crippen molar-refractivity contribution in [3.63, 3.8) is 0 Å². The minimum absolute atomic E-state index is 0.0106. The van der Waals surface area contributed by atoms with E-state index in [1.54, 1.807) is 4.90 Å². The highest BCUT2D eigenvalue weighted by molar-refractivity contribution is 7.91. The van der Waals surface area contributed by atoms with Crippen LogP contribution < -0.4 is 5.73 Å². The summed E-state index contributed by atoms with van der Waals surface area (Å²) in [5, 5.41) is 0. The average Bonchev–Trinajstić information content (AvgIpc) is 2.99. The molecule has 2 saturated heterocycles. The lowest BCUT2D eigenvalue weighted by atomic mass is 10.2. The molecule has 2 heterocycles. The van der Waals surface area contributed by atoms with Gasteiger partial charge in [0.1, 0.15) is 5.82 Å². The van der Waals surface area contributed by atoms with Crippen LogP contribution in [0.2, 0.25) is 0 Å². The number of hydrogen-bond donors (Lipinski definition) is 1. The highest BCUT2D eigenvalue weighted by Crippen LogP contribution is 2.19. The molecule has 3 rings (SSSR count). The van der Waals surface area contributed by atoms with Crippen LogP contribution >= 0.6 is 0 Å². The molecule has 27 heavy (non-hydrogen) atoms. The number of hydrogen-bond acceptors (Lipinski definition) is 7. The molecule has 1 unspecified atom stereocenters. The average molecular weight is 399 g/mol. The lowest BCUT2D eigenvalue weighted by Gasteiger charge is -2.37. The molecule has 2 aliphatic rings. The Morgan fingerprint density at radius 2 is 1.93 bits per heavy atom. The van der Waals surface area contributed by atoms with E-state index in [0.717, 1.165) is 12.1 Å². The van der Waals surface area contributed by atoms with Crippen LogP contribution in [0.5, 0.6) is 0 Å². The number of benzene rings is 1. The number of ether oxygens (including phenoxy) is 1. The van der Waals surface area contributed by atoms with Crippen molar-refractivity contribution in [1.82, 2.24) is 9.80 Å². The monoisotopic (exact) mass is 399 g/mol. The lowest BCUT2D eigenvalue weighted by Crippen LogP contribution is -2.53. The summed E-state index contributed by atoms with van der Waals surface area (Å²) in [6, 6.07) is 3.34. The maximum atomic E-state index is 13.0. The minimum atomic E-state index is -2.94. The maximum absolute atomic E-state index is 13.0. The number of nitrogens with zero attached hydrogens (tertiary/aromatic N) is 2. The zero-order valence-electron chi connectivity index (χ0n) is 14.8. The Morgan fingerprint density at radius 1 is 1.22 bits per heavy atom. The van der Waals surface area contributed by atoms with Crippen molar-refractivity contribution >= 4 is 27.4 Å². The van der Waals surface area contributed by atoms with E-state index in [2.05, 4.69) is 4.90 Å². The van der Waals surface area contributed by atoms with E-state index in [9.17, 15) is 22.4 Å². The minimum Gasteiger partial charge on any atom is -0.452 e. The van der Waals surface area contributed by atoms with Crippen LogP contribution in [0.25, 0.3) is 0 Å². The molecule has 0 spiro atoms. The van der Waals surface area contributed by atoms with E-state index in [1.165, 1.54) is 6.07 Å². The first-order valence-corrected chi connectivity index (χ1v) is 10.5. The van der Waals surface area contributed by atoms with E-state index in [0.29, 0.717) is 32.6 Å². The molecule has 2 fully saturated rings. The van der Waals surface area contributed by atoms with Crippen molar-refractivity contribution in [3.8, 4) is 0 Å². The zero-order chi connectivity index (χ0) is 19.6. The third-order valence-corrected chi connectivity index (χ3v) is 6.70. The number of halogens is 1. The summed E-state index contributed by atoms with van der Waals surface area (Å²) in [5.74, 6) is -1.27. The second-order valence-corrected chi connectivity index (χ2v) is 9.01. The van der Waals surface area contributed by atoms with Gasteiger partial charge in [-0.3, -0.25) is 9.69 Å². The van der Waals surface area contributed by atoms with Crippen LogP contribution in [0.3, 0.4) is 0 Å². The summed E-state index contributed by atoms with van der Waals surface area (Å²) >= 11 is 0. The molecule has 1 aromatic rings. The third kappa shape index (κ3) is 4.75. The summed E-state index contributed by atoms with van der Waals surface area (Å²) in [6.07, 6.45) is 0.632. The smallest absolute Gasteiger partial charge is 0.340 e. The Balaban J connectivity index is 1.46. The molecule has 0 aliphatic carbocycles. The van der Waals surface area contributed by atoms with Crippen LogP contribution in [0, 0.1) is 5.82 Å². The second-order valence-electron chi connectivity index (χ2n) is 6.78. The number of carbonyl (C=O) groups is 2. The molecule has 0 aromatic heterocycles.